The van der Waals surface area contributed by atoms with E-state index in [0.29, 0.717) is 6.54 Å². The average Bonchev–Trinajstić information content (AvgIpc) is 2.52. The Balaban J connectivity index is 2.09. The molecule has 0 bridgehead atoms. The molecule has 1 aromatic carbocycles. The van der Waals surface area contributed by atoms with E-state index >= 15 is 0 Å². The number of carbonyl (C=O) groups excluding carboxylic acids is 1. The van der Waals surface area contributed by atoms with Crippen molar-refractivity contribution >= 4 is 11.7 Å². The first kappa shape index (κ1) is 15.0. The molecule has 0 fully saturated rings. The molecule has 0 spiro atoms. The van der Waals surface area contributed by atoms with Gasteiger partial charge in [0.05, 0.1) is 0 Å². The van der Waals surface area contributed by atoms with Crippen LogP contribution >= 0.6 is 0 Å². The molecule has 2 aromatic rings. The number of hydrogen-bond donors (Lipinski definition) is 0. The average molecular weight is 283 g/mol. The Morgan fingerprint density at radius 1 is 1.05 bits per heavy atom. The lowest BCUT2D eigenvalue weighted by Gasteiger charge is -2.26. The van der Waals surface area contributed by atoms with Crippen LogP contribution in [0.1, 0.15) is 12.5 Å². The minimum absolute atomic E-state index is 0.0793. The van der Waals surface area contributed by atoms with Gasteiger partial charge in [-0.15, -0.1) is 0 Å². The predicted molar refractivity (Wildman–Crippen MR) is 85.0 cm³/mol. The second kappa shape index (κ2) is 7.43. The van der Waals surface area contributed by atoms with Crippen molar-refractivity contribution in [3.8, 4) is 0 Å². The van der Waals surface area contributed by atoms with Gasteiger partial charge < -0.3 is 9.80 Å². The van der Waals surface area contributed by atoms with E-state index in [9.17, 15) is 4.79 Å². The number of nitrogens with zero attached hydrogens (tertiary/aromatic N) is 3. The zero-order valence-corrected chi connectivity index (χ0v) is 12.6. The first-order valence-corrected chi connectivity index (χ1v) is 7.08. The number of carbonyl (C=O) groups is 1. The molecule has 0 unspecified atom stereocenters. The van der Waals surface area contributed by atoms with Crippen LogP contribution in [-0.2, 0) is 11.3 Å². The summed E-state index contributed by atoms with van der Waals surface area (Å²) in [5.41, 5.74) is 1.23. The fourth-order valence-corrected chi connectivity index (χ4v) is 2.05. The van der Waals surface area contributed by atoms with Crippen molar-refractivity contribution in [2.45, 2.75) is 13.5 Å². The third-order valence-electron chi connectivity index (χ3n) is 3.43. The molecule has 110 valence electrons. The van der Waals surface area contributed by atoms with Crippen molar-refractivity contribution in [3.05, 3.63) is 60.3 Å². The number of benzene rings is 1. The first-order chi connectivity index (χ1) is 10.2. The van der Waals surface area contributed by atoms with Gasteiger partial charge in [0.1, 0.15) is 5.82 Å². The summed E-state index contributed by atoms with van der Waals surface area (Å²) in [6.45, 7) is 3.80. The van der Waals surface area contributed by atoms with E-state index in [1.807, 2.05) is 43.4 Å². The molecule has 0 atom stereocenters. The van der Waals surface area contributed by atoms with Gasteiger partial charge >= 0.3 is 0 Å². The molecule has 0 saturated heterocycles. The molecule has 0 saturated carbocycles. The molecule has 21 heavy (non-hydrogen) atoms. The van der Waals surface area contributed by atoms with E-state index in [2.05, 4.69) is 22.0 Å². The van der Waals surface area contributed by atoms with Gasteiger partial charge in [-0.3, -0.25) is 4.79 Å². The van der Waals surface area contributed by atoms with Crippen LogP contribution in [0.25, 0.3) is 0 Å². The SMILES string of the molecule is CC(=O)N(C)CCN(Cc1ccccc1)c1ccccn1. The summed E-state index contributed by atoms with van der Waals surface area (Å²) in [5.74, 6) is 1.01. The van der Waals surface area contributed by atoms with Crippen molar-refractivity contribution in [1.82, 2.24) is 9.88 Å². The predicted octanol–water partition coefficient (Wildman–Crippen LogP) is 2.57. The van der Waals surface area contributed by atoms with Crippen LogP contribution < -0.4 is 4.90 Å². The van der Waals surface area contributed by atoms with Gasteiger partial charge in [-0.2, -0.15) is 0 Å². The maximum Gasteiger partial charge on any atom is 0.219 e. The Morgan fingerprint density at radius 3 is 2.38 bits per heavy atom. The van der Waals surface area contributed by atoms with E-state index in [-0.39, 0.29) is 5.91 Å². The highest BCUT2D eigenvalue weighted by Gasteiger charge is 2.10. The van der Waals surface area contributed by atoms with Gasteiger partial charge in [-0.1, -0.05) is 36.4 Å². The van der Waals surface area contributed by atoms with E-state index in [1.165, 1.54) is 5.56 Å². The van der Waals surface area contributed by atoms with Crippen LogP contribution in [0.2, 0.25) is 0 Å². The monoisotopic (exact) mass is 283 g/mol. The van der Waals surface area contributed by atoms with Gasteiger partial charge in [-0.05, 0) is 17.7 Å². The number of hydrogen-bond acceptors (Lipinski definition) is 3. The van der Waals surface area contributed by atoms with Crippen molar-refractivity contribution in [2.24, 2.45) is 0 Å². The van der Waals surface area contributed by atoms with Gasteiger partial charge in [0, 0.05) is 39.8 Å². The summed E-state index contributed by atoms with van der Waals surface area (Å²) in [4.78, 5) is 19.7. The van der Waals surface area contributed by atoms with Crippen LogP contribution in [-0.4, -0.2) is 35.9 Å². The topological polar surface area (TPSA) is 36.4 Å². The summed E-state index contributed by atoms with van der Waals surface area (Å²) < 4.78 is 0. The molecule has 1 heterocycles. The maximum absolute atomic E-state index is 11.3. The highest BCUT2D eigenvalue weighted by molar-refractivity contribution is 5.72. The number of aromatic nitrogens is 1. The molecule has 0 radical (unpaired) electrons. The molecule has 0 aliphatic rings. The Kier molecular flexibility index (Phi) is 5.32. The van der Waals surface area contributed by atoms with Gasteiger partial charge in [0.25, 0.3) is 0 Å². The van der Waals surface area contributed by atoms with E-state index in [4.69, 9.17) is 0 Å². The van der Waals surface area contributed by atoms with Crippen molar-refractivity contribution in [3.63, 3.8) is 0 Å². The quantitative estimate of drug-likeness (QED) is 0.817. The third kappa shape index (κ3) is 4.60. The van der Waals surface area contributed by atoms with E-state index < -0.39 is 0 Å². The van der Waals surface area contributed by atoms with Crippen molar-refractivity contribution in [2.75, 3.05) is 25.0 Å². The molecule has 0 aliphatic carbocycles. The second-order valence-corrected chi connectivity index (χ2v) is 5.04. The number of pyridine rings is 1. The molecule has 0 aliphatic heterocycles. The first-order valence-electron chi connectivity index (χ1n) is 7.08. The summed E-state index contributed by atoms with van der Waals surface area (Å²) in [7, 11) is 1.82. The van der Waals surface area contributed by atoms with Gasteiger partial charge in [0.2, 0.25) is 5.91 Å². The lowest BCUT2D eigenvalue weighted by atomic mass is 10.2. The minimum Gasteiger partial charge on any atom is -0.351 e. The number of rotatable bonds is 6. The van der Waals surface area contributed by atoms with Crippen LogP contribution in [0, 0.1) is 0 Å². The smallest absolute Gasteiger partial charge is 0.219 e. The number of amides is 1. The van der Waals surface area contributed by atoms with Crippen LogP contribution in [0.4, 0.5) is 5.82 Å². The standard InChI is InChI=1S/C17H21N3O/c1-15(21)19(2)12-13-20(17-10-6-7-11-18-17)14-16-8-4-3-5-9-16/h3-11H,12-14H2,1-2H3. The van der Waals surface area contributed by atoms with Gasteiger partial charge in [-0.25, -0.2) is 4.98 Å². The summed E-state index contributed by atoms with van der Waals surface area (Å²) >= 11 is 0. The largest absolute Gasteiger partial charge is 0.351 e. The summed E-state index contributed by atoms with van der Waals surface area (Å²) in [6.07, 6.45) is 1.79. The molecule has 2 rings (SSSR count). The summed E-state index contributed by atoms with van der Waals surface area (Å²) in [6, 6.07) is 16.2. The van der Waals surface area contributed by atoms with E-state index in [1.54, 1.807) is 18.0 Å². The fourth-order valence-electron chi connectivity index (χ4n) is 2.05. The maximum atomic E-state index is 11.3. The Labute approximate surface area is 126 Å². The van der Waals surface area contributed by atoms with E-state index in [0.717, 1.165) is 18.9 Å². The fraction of sp³-hybridized carbons (Fsp3) is 0.294. The molecule has 4 nitrogen and oxygen atoms in total. The number of anilines is 1. The lowest BCUT2D eigenvalue weighted by molar-refractivity contribution is -0.127. The molecule has 1 aromatic heterocycles. The highest BCUT2D eigenvalue weighted by Crippen LogP contribution is 2.13. The normalized spacial score (nSPS) is 10.2. The van der Waals surface area contributed by atoms with Gasteiger partial charge in [0.15, 0.2) is 0 Å². The van der Waals surface area contributed by atoms with Crippen molar-refractivity contribution in [1.29, 1.82) is 0 Å². The zero-order chi connectivity index (χ0) is 15.1. The highest BCUT2D eigenvalue weighted by atomic mass is 16.2. The summed E-state index contributed by atoms with van der Waals surface area (Å²) in [5, 5.41) is 0. The zero-order valence-electron chi connectivity index (χ0n) is 12.6. The lowest BCUT2D eigenvalue weighted by Crippen LogP contribution is -2.35. The Morgan fingerprint density at radius 2 is 1.76 bits per heavy atom. The molecular formula is C17H21N3O. The van der Waals surface area contributed by atoms with Crippen LogP contribution in [0.3, 0.4) is 0 Å². The molecular weight excluding hydrogens is 262 g/mol. The minimum atomic E-state index is 0.0793. The second-order valence-electron chi connectivity index (χ2n) is 5.04. The van der Waals surface area contributed by atoms with Crippen LogP contribution in [0.5, 0.6) is 0 Å². The third-order valence-corrected chi connectivity index (χ3v) is 3.43. The molecule has 4 heteroatoms. The van der Waals surface area contributed by atoms with Crippen molar-refractivity contribution < 1.29 is 4.79 Å². The Hall–Kier alpha value is -2.36. The van der Waals surface area contributed by atoms with Crippen LogP contribution in [0.15, 0.2) is 54.7 Å². The number of likely N-dealkylation sites (N-methyl/N-ethyl adjacent to an activating group) is 1. The molecule has 1 amide bonds. The Bertz CT molecular complexity index is 557. The molecule has 0 N–H and O–H groups in total.